The standard InChI is InChI=1S/C8H8ClF2NO2/c1-14-8-5(3-13)4(7(10)11)2-6(9)12-8/h2,7,13H,3H2,1H3. The van der Waals surface area contributed by atoms with Crippen molar-refractivity contribution < 1.29 is 18.6 Å². The van der Waals surface area contributed by atoms with Gasteiger partial charge in [0.05, 0.1) is 13.7 Å². The normalized spacial score (nSPS) is 10.7. The molecule has 0 bridgehead atoms. The van der Waals surface area contributed by atoms with Gasteiger partial charge in [-0.3, -0.25) is 0 Å². The van der Waals surface area contributed by atoms with E-state index >= 15 is 0 Å². The van der Waals surface area contributed by atoms with E-state index in [4.69, 9.17) is 21.4 Å². The molecule has 1 aromatic rings. The van der Waals surface area contributed by atoms with Crippen molar-refractivity contribution in [1.82, 2.24) is 4.98 Å². The van der Waals surface area contributed by atoms with Crippen molar-refractivity contribution in [2.75, 3.05) is 7.11 Å². The summed E-state index contributed by atoms with van der Waals surface area (Å²) in [5.41, 5.74) is -0.392. The highest BCUT2D eigenvalue weighted by Gasteiger charge is 2.18. The molecule has 0 aliphatic carbocycles. The number of aliphatic hydroxyl groups excluding tert-OH is 1. The zero-order chi connectivity index (χ0) is 10.7. The largest absolute Gasteiger partial charge is 0.481 e. The van der Waals surface area contributed by atoms with E-state index < -0.39 is 13.0 Å². The van der Waals surface area contributed by atoms with Crippen LogP contribution in [0.2, 0.25) is 5.15 Å². The van der Waals surface area contributed by atoms with E-state index in [1.165, 1.54) is 7.11 Å². The molecule has 14 heavy (non-hydrogen) atoms. The van der Waals surface area contributed by atoms with Gasteiger partial charge in [0, 0.05) is 11.1 Å². The number of hydrogen-bond acceptors (Lipinski definition) is 3. The van der Waals surface area contributed by atoms with Crippen LogP contribution in [-0.4, -0.2) is 17.2 Å². The highest BCUT2D eigenvalue weighted by molar-refractivity contribution is 6.29. The molecule has 0 aliphatic heterocycles. The van der Waals surface area contributed by atoms with Crippen LogP contribution < -0.4 is 4.74 Å². The van der Waals surface area contributed by atoms with Crippen molar-refractivity contribution in [2.24, 2.45) is 0 Å². The van der Waals surface area contributed by atoms with Crippen LogP contribution >= 0.6 is 11.6 Å². The van der Waals surface area contributed by atoms with Crippen LogP contribution in [0, 0.1) is 0 Å². The molecule has 0 aliphatic rings. The summed E-state index contributed by atoms with van der Waals surface area (Å²) in [6.45, 7) is -0.562. The van der Waals surface area contributed by atoms with E-state index in [2.05, 4.69) is 4.98 Å². The van der Waals surface area contributed by atoms with Gasteiger partial charge in [-0.25, -0.2) is 13.8 Å². The van der Waals surface area contributed by atoms with Crippen molar-refractivity contribution in [2.45, 2.75) is 13.0 Å². The fourth-order valence-corrected chi connectivity index (χ4v) is 1.25. The second-order valence-electron chi connectivity index (χ2n) is 2.48. The molecule has 1 N–H and O–H groups in total. The summed E-state index contributed by atoms with van der Waals surface area (Å²) in [7, 11) is 1.27. The fourth-order valence-electron chi connectivity index (χ4n) is 1.06. The second-order valence-corrected chi connectivity index (χ2v) is 2.87. The number of halogens is 3. The van der Waals surface area contributed by atoms with Gasteiger partial charge in [-0.15, -0.1) is 0 Å². The Labute approximate surface area is 84.3 Å². The molecule has 6 heteroatoms. The van der Waals surface area contributed by atoms with E-state index in [9.17, 15) is 8.78 Å². The van der Waals surface area contributed by atoms with E-state index in [-0.39, 0.29) is 22.2 Å². The SMILES string of the molecule is COc1nc(Cl)cc(C(F)F)c1CO. The van der Waals surface area contributed by atoms with Gasteiger partial charge in [0.15, 0.2) is 0 Å². The van der Waals surface area contributed by atoms with Gasteiger partial charge in [-0.05, 0) is 6.07 Å². The van der Waals surface area contributed by atoms with Gasteiger partial charge in [0.2, 0.25) is 5.88 Å². The fraction of sp³-hybridized carbons (Fsp3) is 0.375. The Morgan fingerprint density at radius 2 is 2.29 bits per heavy atom. The average Bonchev–Trinajstić information content (AvgIpc) is 2.16. The minimum Gasteiger partial charge on any atom is -0.481 e. The number of pyridine rings is 1. The summed E-state index contributed by atoms with van der Waals surface area (Å²) < 4.78 is 29.6. The Kier molecular flexibility index (Phi) is 3.60. The number of hydrogen-bond donors (Lipinski definition) is 1. The molecule has 3 nitrogen and oxygen atoms in total. The maximum atomic E-state index is 12.5. The van der Waals surface area contributed by atoms with E-state index in [1.807, 2.05) is 0 Å². The summed E-state index contributed by atoms with van der Waals surface area (Å²) in [6.07, 6.45) is -2.72. The number of methoxy groups -OCH3 is 1. The predicted molar refractivity (Wildman–Crippen MR) is 46.7 cm³/mol. The molecule has 0 atom stereocenters. The van der Waals surface area contributed by atoms with Crippen molar-refractivity contribution in [3.8, 4) is 5.88 Å². The molecule has 1 rings (SSSR count). The smallest absolute Gasteiger partial charge is 0.264 e. The number of rotatable bonds is 3. The monoisotopic (exact) mass is 223 g/mol. The molecular formula is C8H8ClF2NO2. The molecular weight excluding hydrogens is 216 g/mol. The molecule has 0 unspecified atom stereocenters. The Morgan fingerprint density at radius 3 is 2.71 bits per heavy atom. The number of aliphatic hydroxyl groups is 1. The molecule has 0 radical (unpaired) electrons. The highest BCUT2D eigenvalue weighted by atomic mass is 35.5. The Bertz CT molecular complexity index is 333. The molecule has 0 amide bonds. The van der Waals surface area contributed by atoms with Crippen LogP contribution in [-0.2, 0) is 6.61 Å². The first kappa shape index (κ1) is 11.1. The van der Waals surface area contributed by atoms with Crippen LogP contribution in [0.15, 0.2) is 6.07 Å². The van der Waals surface area contributed by atoms with Crippen LogP contribution in [0.25, 0.3) is 0 Å². The van der Waals surface area contributed by atoms with Crippen LogP contribution in [0.3, 0.4) is 0 Å². The predicted octanol–water partition coefficient (Wildman–Crippen LogP) is 2.17. The van der Waals surface area contributed by atoms with Gasteiger partial charge in [0.25, 0.3) is 6.43 Å². The Hall–Kier alpha value is -0.940. The average molecular weight is 224 g/mol. The summed E-state index contributed by atoms with van der Waals surface area (Å²) in [5, 5.41) is 8.79. The van der Waals surface area contributed by atoms with Crippen LogP contribution in [0.4, 0.5) is 8.78 Å². The Morgan fingerprint density at radius 1 is 1.64 bits per heavy atom. The van der Waals surface area contributed by atoms with Gasteiger partial charge in [-0.1, -0.05) is 11.6 Å². The quantitative estimate of drug-likeness (QED) is 0.799. The zero-order valence-corrected chi connectivity index (χ0v) is 8.05. The number of alkyl halides is 2. The summed E-state index contributed by atoms with van der Waals surface area (Å²) in [5.74, 6) is -0.0738. The molecule has 0 saturated carbocycles. The molecule has 0 saturated heterocycles. The highest BCUT2D eigenvalue weighted by Crippen LogP contribution is 2.30. The minimum atomic E-state index is -2.72. The van der Waals surface area contributed by atoms with Crippen LogP contribution in [0.5, 0.6) is 5.88 Å². The van der Waals surface area contributed by atoms with Gasteiger partial charge in [-0.2, -0.15) is 0 Å². The van der Waals surface area contributed by atoms with Crippen molar-refractivity contribution >= 4 is 11.6 Å². The lowest BCUT2D eigenvalue weighted by Crippen LogP contribution is -2.01. The van der Waals surface area contributed by atoms with Gasteiger partial charge >= 0.3 is 0 Å². The maximum absolute atomic E-state index is 12.5. The number of nitrogens with zero attached hydrogens (tertiary/aromatic N) is 1. The lowest BCUT2D eigenvalue weighted by Gasteiger charge is -2.10. The lowest BCUT2D eigenvalue weighted by molar-refractivity contribution is 0.146. The first-order valence-electron chi connectivity index (χ1n) is 3.72. The van der Waals surface area contributed by atoms with E-state index in [1.54, 1.807) is 0 Å². The number of aromatic nitrogens is 1. The third kappa shape index (κ3) is 2.10. The Balaban J connectivity index is 3.31. The summed E-state index contributed by atoms with van der Waals surface area (Å²) >= 11 is 5.50. The summed E-state index contributed by atoms with van der Waals surface area (Å²) in [6, 6.07) is 1.01. The summed E-state index contributed by atoms with van der Waals surface area (Å²) in [4.78, 5) is 3.66. The molecule has 1 heterocycles. The van der Waals surface area contributed by atoms with Crippen molar-refractivity contribution in [3.05, 3.63) is 22.3 Å². The van der Waals surface area contributed by atoms with Gasteiger partial charge in [0.1, 0.15) is 5.15 Å². The molecule has 0 spiro atoms. The number of ether oxygens (including phenoxy) is 1. The van der Waals surface area contributed by atoms with E-state index in [0.717, 1.165) is 6.07 Å². The minimum absolute atomic E-state index is 0.0353. The molecule has 1 aromatic heterocycles. The topological polar surface area (TPSA) is 42.4 Å². The molecule has 0 fully saturated rings. The lowest BCUT2D eigenvalue weighted by atomic mass is 10.1. The third-order valence-electron chi connectivity index (χ3n) is 1.68. The van der Waals surface area contributed by atoms with Crippen molar-refractivity contribution in [1.29, 1.82) is 0 Å². The second kappa shape index (κ2) is 4.52. The first-order valence-corrected chi connectivity index (χ1v) is 4.10. The maximum Gasteiger partial charge on any atom is 0.264 e. The molecule has 78 valence electrons. The van der Waals surface area contributed by atoms with Gasteiger partial charge < -0.3 is 9.84 Å². The van der Waals surface area contributed by atoms with Crippen LogP contribution in [0.1, 0.15) is 17.6 Å². The van der Waals surface area contributed by atoms with E-state index in [0.29, 0.717) is 0 Å². The first-order chi connectivity index (χ1) is 6.60. The van der Waals surface area contributed by atoms with Crippen molar-refractivity contribution in [3.63, 3.8) is 0 Å². The third-order valence-corrected chi connectivity index (χ3v) is 1.87. The molecule has 0 aromatic carbocycles. The zero-order valence-electron chi connectivity index (χ0n) is 7.30.